The number of nitrogens with zero attached hydrogens (tertiary/aromatic N) is 1. The van der Waals surface area contributed by atoms with E-state index in [1.54, 1.807) is 0 Å². The summed E-state index contributed by atoms with van der Waals surface area (Å²) >= 11 is 0. The number of carbonyl (C=O) groups excluding carboxylic acids is 1. The van der Waals surface area contributed by atoms with Gasteiger partial charge in [-0.3, -0.25) is 9.69 Å². The molecule has 0 atom stereocenters. The summed E-state index contributed by atoms with van der Waals surface area (Å²) in [4.78, 5) is 13.9. The van der Waals surface area contributed by atoms with Gasteiger partial charge in [-0.25, -0.2) is 0 Å². The number of carbonyl (C=O) groups is 1. The fourth-order valence-electron chi connectivity index (χ4n) is 1.79. The maximum Gasteiger partial charge on any atom is 0.238 e. The molecule has 94 valence electrons. The molecule has 0 bridgehead atoms. The van der Waals surface area contributed by atoms with Crippen LogP contribution < -0.4 is 5.32 Å². The Bertz CT molecular complexity index is 384. The van der Waals surface area contributed by atoms with E-state index in [1.165, 1.54) is 5.56 Å². The molecule has 0 fully saturated rings. The van der Waals surface area contributed by atoms with Crippen LogP contribution in [0.1, 0.15) is 25.0 Å². The number of benzene rings is 1. The first-order valence-corrected chi connectivity index (χ1v) is 6.16. The standard InChI is InChI=1S/C14H22N2O/c1-5-16(6-2)10-14(17)15-13-8-7-11(3)9-12(13)4/h7-9H,5-6,10H2,1-4H3,(H,15,17). The highest BCUT2D eigenvalue weighted by molar-refractivity contribution is 5.92. The molecule has 1 aromatic rings. The minimum absolute atomic E-state index is 0.0562. The molecule has 1 aromatic carbocycles. The molecule has 0 heterocycles. The molecule has 1 N–H and O–H groups in total. The predicted octanol–water partition coefficient (Wildman–Crippen LogP) is 2.58. The van der Waals surface area contributed by atoms with Gasteiger partial charge in [-0.05, 0) is 38.6 Å². The second-order valence-electron chi connectivity index (χ2n) is 4.33. The van der Waals surface area contributed by atoms with E-state index in [4.69, 9.17) is 0 Å². The Labute approximate surface area is 104 Å². The van der Waals surface area contributed by atoms with Crippen LogP contribution in [0.15, 0.2) is 18.2 Å². The van der Waals surface area contributed by atoms with E-state index in [-0.39, 0.29) is 5.91 Å². The van der Waals surface area contributed by atoms with Crippen molar-refractivity contribution in [1.29, 1.82) is 0 Å². The molecule has 0 aliphatic carbocycles. The predicted molar refractivity (Wildman–Crippen MR) is 72.3 cm³/mol. The second-order valence-corrected chi connectivity index (χ2v) is 4.33. The lowest BCUT2D eigenvalue weighted by atomic mass is 10.1. The van der Waals surface area contributed by atoms with E-state index in [0.717, 1.165) is 24.3 Å². The maximum atomic E-state index is 11.8. The van der Waals surface area contributed by atoms with Gasteiger partial charge in [0.15, 0.2) is 0 Å². The zero-order chi connectivity index (χ0) is 12.8. The summed E-state index contributed by atoms with van der Waals surface area (Å²) in [5, 5.41) is 2.96. The molecule has 0 aliphatic rings. The third-order valence-corrected chi connectivity index (χ3v) is 2.92. The van der Waals surface area contributed by atoms with Crippen LogP contribution in [0, 0.1) is 13.8 Å². The molecule has 0 aliphatic heterocycles. The Morgan fingerprint density at radius 3 is 2.41 bits per heavy atom. The number of amides is 1. The molecule has 0 saturated heterocycles. The average Bonchev–Trinajstić information content (AvgIpc) is 2.29. The van der Waals surface area contributed by atoms with Gasteiger partial charge < -0.3 is 5.32 Å². The van der Waals surface area contributed by atoms with Gasteiger partial charge in [0, 0.05) is 5.69 Å². The van der Waals surface area contributed by atoms with Gasteiger partial charge in [0.2, 0.25) is 5.91 Å². The van der Waals surface area contributed by atoms with Crippen molar-refractivity contribution in [3.05, 3.63) is 29.3 Å². The van der Waals surface area contributed by atoms with E-state index < -0.39 is 0 Å². The lowest BCUT2D eigenvalue weighted by molar-refractivity contribution is -0.117. The minimum atomic E-state index is 0.0562. The highest BCUT2D eigenvalue weighted by Gasteiger charge is 2.08. The normalized spacial score (nSPS) is 10.6. The number of aryl methyl sites for hydroxylation is 2. The van der Waals surface area contributed by atoms with Crippen molar-refractivity contribution in [1.82, 2.24) is 4.90 Å². The summed E-state index contributed by atoms with van der Waals surface area (Å²) in [7, 11) is 0. The molecular weight excluding hydrogens is 212 g/mol. The zero-order valence-electron chi connectivity index (χ0n) is 11.2. The quantitative estimate of drug-likeness (QED) is 0.849. The third kappa shape index (κ3) is 4.19. The van der Waals surface area contributed by atoms with Crippen molar-refractivity contribution >= 4 is 11.6 Å². The van der Waals surface area contributed by atoms with Crippen LogP contribution in [0.4, 0.5) is 5.69 Å². The number of hydrogen-bond acceptors (Lipinski definition) is 2. The average molecular weight is 234 g/mol. The zero-order valence-corrected chi connectivity index (χ0v) is 11.2. The first-order chi connectivity index (χ1) is 8.06. The summed E-state index contributed by atoms with van der Waals surface area (Å²) < 4.78 is 0. The van der Waals surface area contributed by atoms with Crippen LogP contribution >= 0.6 is 0 Å². The van der Waals surface area contributed by atoms with E-state index in [9.17, 15) is 4.79 Å². The van der Waals surface area contributed by atoms with Crippen LogP contribution in [-0.2, 0) is 4.79 Å². The molecule has 1 rings (SSSR count). The van der Waals surface area contributed by atoms with Crippen molar-refractivity contribution in [2.24, 2.45) is 0 Å². The van der Waals surface area contributed by atoms with Crippen molar-refractivity contribution in [3.8, 4) is 0 Å². The number of anilines is 1. The van der Waals surface area contributed by atoms with Gasteiger partial charge >= 0.3 is 0 Å². The van der Waals surface area contributed by atoms with Crippen LogP contribution in [0.3, 0.4) is 0 Å². The molecule has 17 heavy (non-hydrogen) atoms. The smallest absolute Gasteiger partial charge is 0.238 e. The lowest BCUT2D eigenvalue weighted by Gasteiger charge is -2.17. The van der Waals surface area contributed by atoms with Gasteiger partial charge in [0.05, 0.1) is 6.54 Å². The third-order valence-electron chi connectivity index (χ3n) is 2.92. The van der Waals surface area contributed by atoms with Crippen molar-refractivity contribution in [2.45, 2.75) is 27.7 Å². The molecule has 0 saturated carbocycles. The Morgan fingerprint density at radius 1 is 1.24 bits per heavy atom. The number of nitrogens with one attached hydrogen (secondary N) is 1. The molecule has 3 nitrogen and oxygen atoms in total. The Balaban J connectivity index is 2.62. The van der Waals surface area contributed by atoms with Gasteiger partial charge in [0.1, 0.15) is 0 Å². The van der Waals surface area contributed by atoms with Crippen LogP contribution in [-0.4, -0.2) is 30.4 Å². The summed E-state index contributed by atoms with van der Waals surface area (Å²) in [5.41, 5.74) is 3.23. The van der Waals surface area contributed by atoms with Crippen LogP contribution in [0.25, 0.3) is 0 Å². The molecule has 0 spiro atoms. The molecule has 0 unspecified atom stereocenters. The maximum absolute atomic E-state index is 11.8. The van der Waals surface area contributed by atoms with E-state index in [1.807, 2.05) is 19.1 Å². The summed E-state index contributed by atoms with van der Waals surface area (Å²) in [6.45, 7) is 10.4. The number of likely N-dealkylation sites (N-methyl/N-ethyl adjacent to an activating group) is 1. The van der Waals surface area contributed by atoms with Crippen LogP contribution in [0.5, 0.6) is 0 Å². The summed E-state index contributed by atoms with van der Waals surface area (Å²) in [6, 6.07) is 6.05. The Kier molecular flexibility index (Phi) is 5.16. The van der Waals surface area contributed by atoms with Gasteiger partial charge in [0.25, 0.3) is 0 Å². The van der Waals surface area contributed by atoms with Crippen molar-refractivity contribution in [3.63, 3.8) is 0 Å². The SMILES string of the molecule is CCN(CC)CC(=O)Nc1ccc(C)cc1C. The lowest BCUT2D eigenvalue weighted by Crippen LogP contribution is -2.33. The topological polar surface area (TPSA) is 32.3 Å². The fraction of sp³-hybridized carbons (Fsp3) is 0.500. The summed E-state index contributed by atoms with van der Waals surface area (Å²) in [5.74, 6) is 0.0562. The van der Waals surface area contributed by atoms with E-state index in [0.29, 0.717) is 6.54 Å². The van der Waals surface area contributed by atoms with Crippen molar-refractivity contribution < 1.29 is 4.79 Å². The monoisotopic (exact) mass is 234 g/mol. The highest BCUT2D eigenvalue weighted by atomic mass is 16.2. The van der Waals surface area contributed by atoms with E-state index in [2.05, 4.69) is 37.1 Å². The molecule has 3 heteroatoms. The van der Waals surface area contributed by atoms with Gasteiger partial charge in [-0.15, -0.1) is 0 Å². The molecule has 0 aromatic heterocycles. The molecular formula is C14H22N2O. The van der Waals surface area contributed by atoms with Gasteiger partial charge in [-0.2, -0.15) is 0 Å². The van der Waals surface area contributed by atoms with Crippen molar-refractivity contribution in [2.75, 3.05) is 25.0 Å². The molecule has 0 radical (unpaired) electrons. The largest absolute Gasteiger partial charge is 0.325 e. The Hall–Kier alpha value is -1.35. The first-order valence-electron chi connectivity index (χ1n) is 6.16. The van der Waals surface area contributed by atoms with Crippen LogP contribution in [0.2, 0.25) is 0 Å². The number of hydrogen-bond donors (Lipinski definition) is 1. The minimum Gasteiger partial charge on any atom is -0.325 e. The van der Waals surface area contributed by atoms with E-state index >= 15 is 0 Å². The first kappa shape index (κ1) is 13.7. The molecule has 1 amide bonds. The van der Waals surface area contributed by atoms with Gasteiger partial charge in [-0.1, -0.05) is 31.5 Å². The number of rotatable bonds is 5. The fourth-order valence-corrected chi connectivity index (χ4v) is 1.79. The summed E-state index contributed by atoms with van der Waals surface area (Å²) in [6.07, 6.45) is 0. The highest BCUT2D eigenvalue weighted by Crippen LogP contribution is 2.15. The second kappa shape index (κ2) is 6.40. The Morgan fingerprint density at radius 2 is 1.88 bits per heavy atom.